The van der Waals surface area contributed by atoms with Gasteiger partial charge >= 0.3 is 0 Å². The van der Waals surface area contributed by atoms with Crippen LogP contribution in [0.3, 0.4) is 0 Å². The van der Waals surface area contributed by atoms with Gasteiger partial charge in [-0.3, -0.25) is 4.79 Å². The summed E-state index contributed by atoms with van der Waals surface area (Å²) in [5.41, 5.74) is 2.64. The van der Waals surface area contributed by atoms with Gasteiger partial charge in [0.2, 0.25) is 15.9 Å². The van der Waals surface area contributed by atoms with Crippen LogP contribution < -0.4 is 5.32 Å². The van der Waals surface area contributed by atoms with Gasteiger partial charge in [-0.15, -0.1) is 0 Å². The van der Waals surface area contributed by atoms with Gasteiger partial charge in [-0.1, -0.05) is 37.0 Å². The van der Waals surface area contributed by atoms with Gasteiger partial charge in [0.1, 0.15) is 0 Å². The number of benzene rings is 1. The third-order valence-corrected chi connectivity index (χ3v) is 8.43. The Hall–Kier alpha value is -1.44. The van der Waals surface area contributed by atoms with E-state index in [9.17, 15) is 13.2 Å². The number of hydrogen-bond acceptors (Lipinski definition) is 4. The van der Waals surface area contributed by atoms with Crippen molar-refractivity contribution < 1.29 is 13.2 Å². The van der Waals surface area contributed by atoms with Crippen LogP contribution in [0.5, 0.6) is 0 Å². The van der Waals surface area contributed by atoms with Crippen molar-refractivity contribution in [1.29, 1.82) is 0 Å². The van der Waals surface area contributed by atoms with E-state index in [-0.39, 0.29) is 24.9 Å². The first-order valence-corrected chi connectivity index (χ1v) is 12.3. The van der Waals surface area contributed by atoms with Gasteiger partial charge in [0, 0.05) is 45.2 Å². The zero-order valence-corrected chi connectivity index (χ0v) is 18.9. The number of piperazine rings is 1. The fraction of sp³-hybridized carbons (Fsp3) is 0.682. The Kier molecular flexibility index (Phi) is 7.35. The summed E-state index contributed by atoms with van der Waals surface area (Å²) in [5.74, 6) is 0.0554. The van der Waals surface area contributed by atoms with Crippen LogP contribution >= 0.6 is 0 Å². The highest BCUT2D eigenvalue weighted by atomic mass is 32.2. The number of carbonyl (C=O) groups is 1. The average Bonchev–Trinajstić information content (AvgIpc) is 2.68. The fourth-order valence-electron chi connectivity index (χ4n) is 4.84. The number of aryl methyl sites for hydroxylation is 3. The number of amides is 1. The predicted octanol–water partition coefficient (Wildman–Crippen LogP) is 2.76. The predicted molar refractivity (Wildman–Crippen MR) is 115 cm³/mol. The smallest absolute Gasteiger partial charge is 0.243 e. The summed E-state index contributed by atoms with van der Waals surface area (Å²) < 4.78 is 29.2. The number of nitrogens with zero attached hydrogens (tertiary/aromatic N) is 2. The normalized spacial score (nSPS) is 19.0. The average molecular weight is 422 g/mol. The highest BCUT2D eigenvalue weighted by Crippen LogP contribution is 2.31. The monoisotopic (exact) mass is 421 g/mol. The van der Waals surface area contributed by atoms with Gasteiger partial charge < -0.3 is 10.2 Å². The van der Waals surface area contributed by atoms with Crippen LogP contribution in [0.4, 0.5) is 0 Å². The van der Waals surface area contributed by atoms with E-state index >= 15 is 0 Å². The Bertz CT molecular complexity index is 803. The number of rotatable bonds is 6. The van der Waals surface area contributed by atoms with Crippen molar-refractivity contribution in [3.8, 4) is 0 Å². The lowest BCUT2D eigenvalue weighted by Gasteiger charge is -2.35. The molecule has 7 heteroatoms. The Morgan fingerprint density at radius 2 is 1.66 bits per heavy atom. The second-order valence-electron chi connectivity index (χ2n) is 8.52. The summed E-state index contributed by atoms with van der Waals surface area (Å²) in [6.45, 7) is 9.01. The molecule has 0 unspecified atom stereocenters. The van der Waals surface area contributed by atoms with Crippen LogP contribution in [-0.4, -0.2) is 62.3 Å². The largest absolute Gasteiger partial charge is 0.340 e. The van der Waals surface area contributed by atoms with Crippen molar-refractivity contribution in [3.05, 3.63) is 28.8 Å². The molecule has 2 fully saturated rings. The van der Waals surface area contributed by atoms with E-state index in [0.717, 1.165) is 61.9 Å². The standard InChI is InChI=1S/C22H35N3O3S/c1-17-15-18(2)22(19(3)16-17)29(27,28)25(20-7-5-4-6-8-20)12-9-21(26)24-13-10-23-11-14-24/h15-16,20,23H,4-14H2,1-3H3. The SMILES string of the molecule is Cc1cc(C)c(S(=O)(=O)N(CCC(=O)N2CCNCC2)C2CCCCC2)c(C)c1. The van der Waals surface area contributed by atoms with Crippen molar-refractivity contribution in [3.63, 3.8) is 0 Å². The zero-order valence-electron chi connectivity index (χ0n) is 18.0. The van der Waals surface area contributed by atoms with Gasteiger partial charge in [0.05, 0.1) is 4.90 Å². The second kappa shape index (κ2) is 9.58. The number of carbonyl (C=O) groups excluding carboxylic acids is 1. The van der Waals surface area contributed by atoms with Gasteiger partial charge in [-0.05, 0) is 44.7 Å². The van der Waals surface area contributed by atoms with E-state index in [1.54, 1.807) is 4.31 Å². The highest BCUT2D eigenvalue weighted by Gasteiger charge is 2.35. The Morgan fingerprint density at radius 1 is 1.07 bits per heavy atom. The van der Waals surface area contributed by atoms with E-state index in [2.05, 4.69) is 5.32 Å². The molecule has 1 saturated heterocycles. The lowest BCUT2D eigenvalue weighted by Crippen LogP contribution is -2.48. The first-order chi connectivity index (χ1) is 13.8. The molecule has 1 saturated carbocycles. The summed E-state index contributed by atoms with van der Waals surface area (Å²) in [6, 6.07) is 3.86. The van der Waals surface area contributed by atoms with Gasteiger partial charge in [-0.25, -0.2) is 8.42 Å². The quantitative estimate of drug-likeness (QED) is 0.767. The van der Waals surface area contributed by atoms with Crippen molar-refractivity contribution in [2.75, 3.05) is 32.7 Å². The first kappa shape index (κ1) is 22.2. The van der Waals surface area contributed by atoms with Crippen molar-refractivity contribution >= 4 is 15.9 Å². The van der Waals surface area contributed by atoms with Crippen LogP contribution in [0.2, 0.25) is 0 Å². The molecule has 29 heavy (non-hydrogen) atoms. The van der Waals surface area contributed by atoms with Crippen LogP contribution in [0.1, 0.15) is 55.2 Å². The number of nitrogens with one attached hydrogen (secondary N) is 1. The lowest BCUT2D eigenvalue weighted by molar-refractivity contribution is -0.131. The molecular formula is C22H35N3O3S. The molecule has 1 N–H and O–H groups in total. The van der Waals surface area contributed by atoms with Crippen molar-refractivity contribution in [2.45, 2.75) is 70.2 Å². The van der Waals surface area contributed by atoms with E-state index in [1.165, 1.54) is 0 Å². The van der Waals surface area contributed by atoms with Gasteiger partial charge in [0.15, 0.2) is 0 Å². The van der Waals surface area contributed by atoms with Crippen molar-refractivity contribution in [2.24, 2.45) is 0 Å². The first-order valence-electron chi connectivity index (χ1n) is 10.9. The molecule has 1 aliphatic carbocycles. The topological polar surface area (TPSA) is 69.7 Å². The third-order valence-electron chi connectivity index (χ3n) is 6.17. The van der Waals surface area contributed by atoms with E-state index in [4.69, 9.17) is 0 Å². The minimum absolute atomic E-state index is 0.00956. The van der Waals surface area contributed by atoms with Gasteiger partial charge in [0.25, 0.3) is 0 Å². The Balaban J connectivity index is 1.85. The Labute approximate surface area is 175 Å². The fourth-order valence-corrected chi connectivity index (χ4v) is 6.94. The molecule has 0 atom stereocenters. The molecule has 6 nitrogen and oxygen atoms in total. The molecule has 0 bridgehead atoms. The molecular weight excluding hydrogens is 386 g/mol. The van der Waals surface area contributed by atoms with Crippen LogP contribution in [0.25, 0.3) is 0 Å². The second-order valence-corrected chi connectivity index (χ2v) is 10.3. The van der Waals surface area contributed by atoms with Crippen LogP contribution in [0, 0.1) is 20.8 Å². The maximum absolute atomic E-state index is 13.8. The molecule has 1 aromatic rings. The summed E-state index contributed by atoms with van der Waals surface area (Å²) >= 11 is 0. The summed E-state index contributed by atoms with van der Waals surface area (Å²) in [6.07, 6.45) is 5.27. The molecule has 0 radical (unpaired) electrons. The molecule has 1 aliphatic heterocycles. The summed E-state index contributed by atoms with van der Waals surface area (Å²) in [5, 5.41) is 3.25. The molecule has 162 valence electrons. The van der Waals surface area contributed by atoms with Crippen LogP contribution in [0.15, 0.2) is 17.0 Å². The third kappa shape index (κ3) is 5.19. The molecule has 0 aromatic heterocycles. The highest BCUT2D eigenvalue weighted by molar-refractivity contribution is 7.89. The zero-order chi connectivity index (χ0) is 21.0. The van der Waals surface area contributed by atoms with Crippen LogP contribution in [-0.2, 0) is 14.8 Å². The molecule has 1 heterocycles. The molecule has 2 aliphatic rings. The maximum Gasteiger partial charge on any atom is 0.243 e. The lowest BCUT2D eigenvalue weighted by atomic mass is 9.95. The minimum Gasteiger partial charge on any atom is -0.340 e. The van der Waals surface area contributed by atoms with E-state index < -0.39 is 10.0 Å². The maximum atomic E-state index is 13.8. The van der Waals surface area contributed by atoms with Gasteiger partial charge in [-0.2, -0.15) is 4.31 Å². The minimum atomic E-state index is -3.65. The number of hydrogen-bond donors (Lipinski definition) is 1. The molecule has 1 aromatic carbocycles. The molecule has 3 rings (SSSR count). The summed E-state index contributed by atoms with van der Waals surface area (Å²) in [4.78, 5) is 15.0. The van der Waals surface area contributed by atoms with Crippen molar-refractivity contribution in [1.82, 2.24) is 14.5 Å². The van der Waals surface area contributed by atoms with E-state index in [1.807, 2.05) is 37.8 Å². The molecule has 1 amide bonds. The summed E-state index contributed by atoms with van der Waals surface area (Å²) in [7, 11) is -3.65. The molecule has 0 spiro atoms. The van der Waals surface area contributed by atoms with E-state index in [0.29, 0.717) is 18.0 Å². The number of sulfonamides is 1. The Morgan fingerprint density at radius 3 is 2.24 bits per heavy atom.